The molecule has 0 aromatic heterocycles. The third-order valence-electron chi connectivity index (χ3n) is 1.73. The molecule has 0 saturated heterocycles. The maximum atomic E-state index is 10.8. The second-order valence-corrected chi connectivity index (χ2v) is 2.97. The highest BCUT2D eigenvalue weighted by molar-refractivity contribution is 5.91. The summed E-state index contributed by atoms with van der Waals surface area (Å²) in [6, 6.07) is 7.42. The molecule has 2 heteroatoms. The van der Waals surface area contributed by atoms with E-state index in [1.807, 2.05) is 24.3 Å². The average molecular weight is 200 g/mol. The first kappa shape index (κ1) is 11.1. The molecule has 0 aliphatic carbocycles. The molecular formula is C13H12O2. The quantitative estimate of drug-likeness (QED) is 0.550. The molecule has 0 amide bonds. The van der Waals surface area contributed by atoms with Crippen LogP contribution in [-0.2, 0) is 4.79 Å². The number of benzene rings is 1. The van der Waals surface area contributed by atoms with Crippen LogP contribution in [0.4, 0.5) is 0 Å². The molecule has 0 aliphatic heterocycles. The molecule has 1 aromatic rings. The Morgan fingerprint density at radius 1 is 1.53 bits per heavy atom. The Morgan fingerprint density at radius 3 is 2.93 bits per heavy atom. The van der Waals surface area contributed by atoms with Crippen molar-refractivity contribution in [3.8, 4) is 18.1 Å². The molecule has 0 N–H and O–H groups in total. The summed E-state index contributed by atoms with van der Waals surface area (Å²) >= 11 is 0. The van der Waals surface area contributed by atoms with E-state index in [9.17, 15) is 4.79 Å². The van der Waals surface area contributed by atoms with E-state index in [4.69, 9.17) is 11.2 Å². The number of carbonyl (C=O) groups excluding carboxylic acids is 1. The van der Waals surface area contributed by atoms with Crippen LogP contribution < -0.4 is 4.74 Å². The van der Waals surface area contributed by atoms with Crippen LogP contribution in [0.3, 0.4) is 0 Å². The summed E-state index contributed by atoms with van der Waals surface area (Å²) in [7, 11) is 0. The zero-order chi connectivity index (χ0) is 11.1. The predicted octanol–water partition coefficient (Wildman–Crippen LogP) is 2.30. The van der Waals surface area contributed by atoms with Crippen molar-refractivity contribution in [1.82, 2.24) is 0 Å². The minimum atomic E-state index is 0.00162. The maximum Gasteiger partial charge on any atom is 0.152 e. The van der Waals surface area contributed by atoms with Gasteiger partial charge in [0.1, 0.15) is 12.4 Å². The second kappa shape index (κ2) is 5.66. The molecule has 0 saturated carbocycles. The van der Waals surface area contributed by atoms with Gasteiger partial charge in [-0.05, 0) is 25.1 Å². The summed E-state index contributed by atoms with van der Waals surface area (Å²) in [4.78, 5) is 10.8. The molecule has 0 bridgehead atoms. The molecule has 2 nitrogen and oxygen atoms in total. The van der Waals surface area contributed by atoms with E-state index in [1.165, 1.54) is 13.0 Å². The summed E-state index contributed by atoms with van der Waals surface area (Å²) in [6.45, 7) is 1.73. The fourth-order valence-corrected chi connectivity index (χ4v) is 1.08. The SMILES string of the molecule is C#CCOc1ccccc1/C=C/C(C)=O. The molecule has 76 valence electrons. The third kappa shape index (κ3) is 3.70. The molecule has 0 aliphatic rings. The van der Waals surface area contributed by atoms with Gasteiger partial charge in [-0.3, -0.25) is 4.79 Å². The van der Waals surface area contributed by atoms with Gasteiger partial charge >= 0.3 is 0 Å². The van der Waals surface area contributed by atoms with Crippen molar-refractivity contribution in [2.75, 3.05) is 6.61 Å². The Balaban J connectivity index is 2.86. The molecule has 0 spiro atoms. The Hall–Kier alpha value is -2.01. The minimum absolute atomic E-state index is 0.00162. The zero-order valence-corrected chi connectivity index (χ0v) is 8.57. The summed E-state index contributed by atoms with van der Waals surface area (Å²) < 4.78 is 5.32. The van der Waals surface area contributed by atoms with Gasteiger partial charge in [0.2, 0.25) is 0 Å². The lowest BCUT2D eigenvalue weighted by molar-refractivity contribution is -0.112. The highest BCUT2D eigenvalue weighted by Gasteiger charge is 1.98. The molecule has 0 radical (unpaired) electrons. The molecule has 0 heterocycles. The van der Waals surface area contributed by atoms with Gasteiger partial charge in [-0.1, -0.05) is 24.1 Å². The van der Waals surface area contributed by atoms with Gasteiger partial charge in [-0.2, -0.15) is 0 Å². The van der Waals surface area contributed by atoms with Crippen LogP contribution in [0, 0.1) is 12.3 Å². The van der Waals surface area contributed by atoms with Crippen molar-refractivity contribution in [2.45, 2.75) is 6.92 Å². The summed E-state index contributed by atoms with van der Waals surface area (Å²) in [5.41, 5.74) is 0.850. The van der Waals surface area contributed by atoms with E-state index in [0.717, 1.165) is 5.56 Å². The topological polar surface area (TPSA) is 26.3 Å². The average Bonchev–Trinajstić information content (AvgIpc) is 2.24. The lowest BCUT2D eigenvalue weighted by Crippen LogP contribution is -1.95. The van der Waals surface area contributed by atoms with E-state index >= 15 is 0 Å². The predicted molar refractivity (Wildman–Crippen MR) is 60.5 cm³/mol. The van der Waals surface area contributed by atoms with E-state index in [1.54, 1.807) is 6.08 Å². The zero-order valence-electron chi connectivity index (χ0n) is 8.57. The van der Waals surface area contributed by atoms with Gasteiger partial charge in [0.25, 0.3) is 0 Å². The monoisotopic (exact) mass is 200 g/mol. The summed E-state index contributed by atoms with van der Waals surface area (Å²) in [6.07, 6.45) is 8.32. The van der Waals surface area contributed by atoms with Crippen molar-refractivity contribution in [2.24, 2.45) is 0 Å². The summed E-state index contributed by atoms with van der Waals surface area (Å²) in [5, 5.41) is 0. The standard InChI is InChI=1S/C13H12O2/c1-3-10-15-13-7-5-4-6-12(13)9-8-11(2)14/h1,4-9H,10H2,2H3/b9-8+. The minimum Gasteiger partial charge on any atom is -0.480 e. The fraction of sp³-hybridized carbons (Fsp3) is 0.154. The van der Waals surface area contributed by atoms with Crippen LogP contribution in [0.25, 0.3) is 6.08 Å². The molecule has 0 unspecified atom stereocenters. The van der Waals surface area contributed by atoms with Crippen molar-refractivity contribution >= 4 is 11.9 Å². The van der Waals surface area contributed by atoms with Crippen LogP contribution >= 0.6 is 0 Å². The number of ether oxygens (including phenoxy) is 1. The number of hydrogen-bond acceptors (Lipinski definition) is 2. The first-order valence-electron chi connectivity index (χ1n) is 4.58. The van der Waals surface area contributed by atoms with Crippen LogP contribution in [0.1, 0.15) is 12.5 Å². The number of terminal acetylenes is 1. The largest absolute Gasteiger partial charge is 0.480 e. The van der Waals surface area contributed by atoms with E-state index in [-0.39, 0.29) is 12.4 Å². The maximum absolute atomic E-state index is 10.8. The number of ketones is 1. The summed E-state index contributed by atoms with van der Waals surface area (Å²) in [5.74, 6) is 3.08. The Morgan fingerprint density at radius 2 is 2.27 bits per heavy atom. The highest BCUT2D eigenvalue weighted by atomic mass is 16.5. The van der Waals surface area contributed by atoms with Gasteiger partial charge in [0.05, 0.1) is 0 Å². The van der Waals surface area contributed by atoms with Crippen molar-refractivity contribution in [1.29, 1.82) is 0 Å². The van der Waals surface area contributed by atoms with Gasteiger partial charge in [-0.25, -0.2) is 0 Å². The molecule has 0 fully saturated rings. The fourth-order valence-electron chi connectivity index (χ4n) is 1.08. The number of carbonyl (C=O) groups is 1. The van der Waals surface area contributed by atoms with Gasteiger partial charge in [0.15, 0.2) is 5.78 Å². The van der Waals surface area contributed by atoms with E-state index in [2.05, 4.69) is 5.92 Å². The lowest BCUT2D eigenvalue weighted by atomic mass is 10.2. The highest BCUT2D eigenvalue weighted by Crippen LogP contribution is 2.19. The van der Waals surface area contributed by atoms with Gasteiger partial charge in [-0.15, -0.1) is 6.42 Å². The van der Waals surface area contributed by atoms with Crippen LogP contribution in [-0.4, -0.2) is 12.4 Å². The Kier molecular flexibility index (Phi) is 4.18. The molecule has 1 aromatic carbocycles. The second-order valence-electron chi connectivity index (χ2n) is 2.97. The van der Waals surface area contributed by atoms with Crippen LogP contribution in [0.5, 0.6) is 5.75 Å². The lowest BCUT2D eigenvalue weighted by Gasteiger charge is -2.05. The van der Waals surface area contributed by atoms with Gasteiger partial charge < -0.3 is 4.74 Å². The molecule has 0 atom stereocenters. The first-order valence-corrected chi connectivity index (χ1v) is 4.58. The third-order valence-corrected chi connectivity index (χ3v) is 1.73. The van der Waals surface area contributed by atoms with Crippen molar-refractivity contribution in [3.05, 3.63) is 35.9 Å². The van der Waals surface area contributed by atoms with E-state index in [0.29, 0.717) is 5.75 Å². The molecule has 1 rings (SSSR count). The number of hydrogen-bond donors (Lipinski definition) is 0. The van der Waals surface area contributed by atoms with Crippen molar-refractivity contribution < 1.29 is 9.53 Å². The van der Waals surface area contributed by atoms with Crippen LogP contribution in [0.2, 0.25) is 0 Å². The molecular weight excluding hydrogens is 188 g/mol. The first-order chi connectivity index (χ1) is 7.24. The number of rotatable bonds is 4. The number of para-hydroxylation sites is 1. The molecule has 15 heavy (non-hydrogen) atoms. The van der Waals surface area contributed by atoms with Crippen LogP contribution in [0.15, 0.2) is 30.3 Å². The normalized spacial score (nSPS) is 9.87. The smallest absolute Gasteiger partial charge is 0.152 e. The van der Waals surface area contributed by atoms with E-state index < -0.39 is 0 Å². The van der Waals surface area contributed by atoms with Gasteiger partial charge in [0, 0.05) is 5.56 Å². The number of allylic oxidation sites excluding steroid dienone is 1. The Bertz CT molecular complexity index is 411. The Labute approximate surface area is 89.6 Å². The van der Waals surface area contributed by atoms with Crippen molar-refractivity contribution in [3.63, 3.8) is 0 Å².